The van der Waals surface area contributed by atoms with Gasteiger partial charge in [0.25, 0.3) is 0 Å². The lowest BCUT2D eigenvalue weighted by Crippen LogP contribution is -2.35. The predicted molar refractivity (Wildman–Crippen MR) is 47.9 cm³/mol. The summed E-state index contributed by atoms with van der Waals surface area (Å²) in [6, 6.07) is 0. The molecule has 0 N–H and O–H groups in total. The van der Waals surface area contributed by atoms with Gasteiger partial charge in [0.05, 0.1) is 0 Å². The van der Waals surface area contributed by atoms with E-state index < -0.39 is 18.1 Å². The summed E-state index contributed by atoms with van der Waals surface area (Å²) in [6.07, 6.45) is -3.54. The lowest BCUT2D eigenvalue weighted by Gasteiger charge is -2.12. The van der Waals surface area contributed by atoms with Gasteiger partial charge in [-0.1, -0.05) is 13.8 Å². The van der Waals surface area contributed by atoms with Crippen molar-refractivity contribution in [1.82, 2.24) is 0 Å². The molecule has 0 fully saturated rings. The summed E-state index contributed by atoms with van der Waals surface area (Å²) in [7, 11) is 0. The Balaban J connectivity index is 4.73. The summed E-state index contributed by atoms with van der Waals surface area (Å²) in [6.45, 7) is 3.21. The first-order valence-corrected chi connectivity index (χ1v) is 4.25. The van der Waals surface area contributed by atoms with Crippen LogP contribution in [0, 0.1) is 5.92 Å². The van der Waals surface area contributed by atoms with E-state index in [2.05, 4.69) is 12.6 Å². The fourth-order valence-corrected chi connectivity index (χ4v) is 0.622. The van der Waals surface area contributed by atoms with Gasteiger partial charge in [0.1, 0.15) is 0 Å². The highest BCUT2D eigenvalue weighted by molar-refractivity contribution is 7.84. The van der Waals surface area contributed by atoms with E-state index >= 15 is 0 Å². The Morgan fingerprint density at radius 2 is 1.79 bits per heavy atom. The highest BCUT2D eigenvalue weighted by Gasteiger charge is 2.47. The van der Waals surface area contributed by atoms with Crippen LogP contribution in [0.2, 0.25) is 0 Å². The van der Waals surface area contributed by atoms with E-state index in [-0.39, 0.29) is 10.8 Å². The number of carbonyl (C=O) groups is 1. The van der Waals surface area contributed by atoms with Crippen molar-refractivity contribution < 1.29 is 22.4 Å². The Morgan fingerprint density at radius 1 is 1.36 bits per heavy atom. The molecule has 0 aliphatic rings. The monoisotopic (exact) mass is 230 g/mol. The van der Waals surface area contributed by atoms with Crippen LogP contribution < -0.4 is 0 Å². The fraction of sp³-hybridized carbons (Fsp3) is 0.625. The molecule has 14 heavy (non-hydrogen) atoms. The maximum atomic E-state index is 12.4. The molecule has 0 heterocycles. The average molecular weight is 230 g/mol. The number of hydrogen-bond donors (Lipinski definition) is 1. The molecular formula is C8H10F4OS. The Bertz CT molecular complexity index is 248. The maximum Gasteiger partial charge on any atom is 0.368 e. The van der Waals surface area contributed by atoms with Gasteiger partial charge in [-0.3, -0.25) is 4.79 Å². The van der Waals surface area contributed by atoms with Crippen LogP contribution in [0.4, 0.5) is 17.6 Å². The van der Waals surface area contributed by atoms with Gasteiger partial charge in [0.2, 0.25) is 5.78 Å². The van der Waals surface area contributed by atoms with Crippen LogP contribution in [0.1, 0.15) is 13.8 Å². The SMILES string of the molecule is CC(C)/C(S)=C/C(=O)C(F)(F)C(F)F. The number of thiol groups is 1. The van der Waals surface area contributed by atoms with E-state index in [1.807, 2.05) is 0 Å². The molecule has 0 amide bonds. The fourth-order valence-electron chi connectivity index (χ4n) is 0.505. The van der Waals surface area contributed by atoms with Gasteiger partial charge in [0.15, 0.2) is 0 Å². The van der Waals surface area contributed by atoms with Crippen molar-refractivity contribution in [3.63, 3.8) is 0 Å². The lowest BCUT2D eigenvalue weighted by molar-refractivity contribution is -0.161. The van der Waals surface area contributed by atoms with Gasteiger partial charge in [-0.25, -0.2) is 8.78 Å². The van der Waals surface area contributed by atoms with Crippen LogP contribution in [-0.4, -0.2) is 18.1 Å². The van der Waals surface area contributed by atoms with Gasteiger partial charge in [-0.2, -0.15) is 8.78 Å². The third kappa shape index (κ3) is 3.32. The predicted octanol–water partition coefficient (Wildman–Crippen LogP) is 2.93. The molecule has 0 aromatic carbocycles. The minimum Gasteiger partial charge on any atom is -0.288 e. The second kappa shape index (κ2) is 4.82. The molecule has 0 aliphatic carbocycles. The van der Waals surface area contributed by atoms with Gasteiger partial charge in [0, 0.05) is 0 Å². The summed E-state index contributed by atoms with van der Waals surface area (Å²) < 4.78 is 48.2. The average Bonchev–Trinajstić information content (AvgIpc) is 2.03. The van der Waals surface area contributed by atoms with Crippen LogP contribution >= 0.6 is 12.6 Å². The molecule has 0 atom stereocenters. The molecule has 82 valence electrons. The highest BCUT2D eigenvalue weighted by Crippen LogP contribution is 2.26. The molecule has 0 spiro atoms. The quantitative estimate of drug-likeness (QED) is 0.446. The van der Waals surface area contributed by atoms with Crippen LogP contribution in [-0.2, 0) is 4.79 Å². The Labute approximate surface area is 84.6 Å². The summed E-state index contributed by atoms with van der Waals surface area (Å²) >= 11 is 3.73. The van der Waals surface area contributed by atoms with Crippen molar-refractivity contribution in [3.8, 4) is 0 Å². The van der Waals surface area contributed by atoms with Gasteiger partial charge in [-0.05, 0) is 16.9 Å². The lowest BCUT2D eigenvalue weighted by atomic mass is 10.1. The van der Waals surface area contributed by atoms with E-state index in [4.69, 9.17) is 0 Å². The van der Waals surface area contributed by atoms with Crippen LogP contribution in [0.25, 0.3) is 0 Å². The molecule has 0 rings (SSSR count). The number of ketones is 1. The first-order chi connectivity index (χ1) is 6.19. The van der Waals surface area contributed by atoms with Crippen molar-refractivity contribution in [2.75, 3.05) is 0 Å². The minimum absolute atomic E-state index is 0.0512. The molecular weight excluding hydrogens is 220 g/mol. The summed E-state index contributed by atoms with van der Waals surface area (Å²) in [5.74, 6) is -6.79. The Morgan fingerprint density at radius 3 is 2.07 bits per heavy atom. The van der Waals surface area contributed by atoms with Crippen LogP contribution in [0.15, 0.2) is 11.0 Å². The number of rotatable bonds is 4. The van der Waals surface area contributed by atoms with Crippen molar-refractivity contribution in [2.45, 2.75) is 26.2 Å². The van der Waals surface area contributed by atoms with Gasteiger partial charge in [-0.15, -0.1) is 12.6 Å². The molecule has 0 saturated heterocycles. The van der Waals surface area contributed by atoms with Gasteiger partial charge < -0.3 is 0 Å². The molecule has 0 aliphatic heterocycles. The van der Waals surface area contributed by atoms with Crippen molar-refractivity contribution in [1.29, 1.82) is 0 Å². The first kappa shape index (κ1) is 13.5. The zero-order valence-electron chi connectivity index (χ0n) is 7.60. The van der Waals surface area contributed by atoms with E-state index in [0.717, 1.165) is 0 Å². The molecule has 1 nitrogen and oxygen atoms in total. The van der Waals surface area contributed by atoms with E-state index in [1.54, 1.807) is 13.8 Å². The smallest absolute Gasteiger partial charge is 0.288 e. The molecule has 0 bridgehead atoms. The molecule has 6 heteroatoms. The number of hydrogen-bond acceptors (Lipinski definition) is 2. The molecule has 0 aromatic heterocycles. The largest absolute Gasteiger partial charge is 0.368 e. The topological polar surface area (TPSA) is 17.1 Å². The zero-order chi connectivity index (χ0) is 11.5. The second-order valence-electron chi connectivity index (χ2n) is 3.01. The van der Waals surface area contributed by atoms with Crippen molar-refractivity contribution in [3.05, 3.63) is 11.0 Å². The number of allylic oxidation sites excluding steroid dienone is 2. The molecule has 0 aromatic rings. The highest BCUT2D eigenvalue weighted by atomic mass is 32.1. The van der Waals surface area contributed by atoms with Crippen molar-refractivity contribution in [2.24, 2.45) is 5.92 Å². The number of carbonyl (C=O) groups excluding carboxylic acids is 1. The first-order valence-electron chi connectivity index (χ1n) is 3.80. The van der Waals surface area contributed by atoms with Crippen LogP contribution in [0.5, 0.6) is 0 Å². The third-order valence-corrected chi connectivity index (χ3v) is 2.12. The molecule has 0 unspecified atom stereocenters. The Kier molecular flexibility index (Phi) is 4.64. The summed E-state index contributed by atoms with van der Waals surface area (Å²) in [4.78, 5) is 10.7. The standard InChI is InChI=1S/C8H10F4OS/c1-4(2)5(14)3-6(13)8(11,12)7(9)10/h3-4,7,14H,1-2H3/b5-3-. The third-order valence-electron chi connectivity index (χ3n) is 1.47. The van der Waals surface area contributed by atoms with E-state index in [1.165, 1.54) is 0 Å². The van der Waals surface area contributed by atoms with Crippen molar-refractivity contribution >= 4 is 18.4 Å². The number of alkyl halides is 4. The molecule has 0 saturated carbocycles. The second-order valence-corrected chi connectivity index (χ2v) is 3.53. The summed E-state index contributed by atoms with van der Waals surface area (Å²) in [5, 5.41) is 0. The zero-order valence-corrected chi connectivity index (χ0v) is 8.49. The maximum absolute atomic E-state index is 12.4. The normalized spacial score (nSPS) is 13.9. The summed E-state index contributed by atoms with van der Waals surface area (Å²) in [5.41, 5.74) is 0. The van der Waals surface area contributed by atoms with E-state index in [9.17, 15) is 22.4 Å². The van der Waals surface area contributed by atoms with Crippen LogP contribution in [0.3, 0.4) is 0 Å². The minimum atomic E-state index is -4.62. The Hall–Kier alpha value is -0.520. The van der Waals surface area contributed by atoms with Gasteiger partial charge >= 0.3 is 12.3 Å². The number of halogens is 4. The molecule has 0 radical (unpaired) electrons. The van der Waals surface area contributed by atoms with E-state index in [0.29, 0.717) is 6.08 Å².